The molecule has 0 radical (unpaired) electrons. The molecule has 0 bridgehead atoms. The summed E-state index contributed by atoms with van der Waals surface area (Å²) in [7, 11) is 0. The van der Waals surface area contributed by atoms with E-state index < -0.39 is 11.7 Å². The molecule has 1 aliphatic carbocycles. The molecule has 1 aliphatic heterocycles. The van der Waals surface area contributed by atoms with Crippen LogP contribution in [-0.4, -0.2) is 21.8 Å². The molecule has 6 nitrogen and oxygen atoms in total. The number of aromatic nitrogens is 2. The van der Waals surface area contributed by atoms with Crippen LogP contribution in [-0.2, 0) is 17.5 Å². The number of nitrogens with zero attached hydrogens (tertiary/aromatic N) is 2. The Hall–Kier alpha value is -2.84. The normalized spacial score (nSPS) is 22.0. The third-order valence-electron chi connectivity index (χ3n) is 4.41. The number of rotatable bonds is 4. The molecule has 1 saturated carbocycles. The van der Waals surface area contributed by atoms with Crippen LogP contribution in [0.5, 0.6) is 0 Å². The lowest BCUT2D eigenvalue weighted by Gasteiger charge is -2.17. The van der Waals surface area contributed by atoms with Crippen LogP contribution >= 0.6 is 0 Å². The molecule has 0 unspecified atom stereocenters. The van der Waals surface area contributed by atoms with Gasteiger partial charge in [0.1, 0.15) is 0 Å². The number of halogens is 3. The fourth-order valence-corrected chi connectivity index (χ4v) is 3.01. The van der Waals surface area contributed by atoms with Gasteiger partial charge in [0.25, 0.3) is 0 Å². The number of amides is 1. The van der Waals surface area contributed by atoms with Crippen LogP contribution in [0.2, 0.25) is 0 Å². The molecule has 1 amide bonds. The number of nitrogens with one attached hydrogen (secondary N) is 3. The van der Waals surface area contributed by atoms with Gasteiger partial charge in [0.2, 0.25) is 5.91 Å². The number of hydrogen-bond acceptors (Lipinski definition) is 4. The highest BCUT2D eigenvalue weighted by molar-refractivity contribution is 6.09. The maximum atomic E-state index is 13.5. The van der Waals surface area contributed by atoms with Gasteiger partial charge in [0.05, 0.1) is 23.5 Å². The van der Waals surface area contributed by atoms with Gasteiger partial charge < -0.3 is 5.32 Å². The fraction of sp³-hybridized carbons (Fsp3) is 0.312. The number of carbonyl (C=O) groups is 1. The summed E-state index contributed by atoms with van der Waals surface area (Å²) in [5.74, 6) is -0.415. The van der Waals surface area contributed by atoms with Crippen molar-refractivity contribution >= 4 is 17.3 Å². The number of H-pyrrole nitrogens is 1. The van der Waals surface area contributed by atoms with Crippen LogP contribution in [0.15, 0.2) is 35.6 Å². The van der Waals surface area contributed by atoms with Crippen molar-refractivity contribution in [3.63, 3.8) is 0 Å². The largest absolute Gasteiger partial charge is 0.418 e. The fourth-order valence-electron chi connectivity index (χ4n) is 3.01. The lowest BCUT2D eigenvalue weighted by Crippen LogP contribution is -2.29. The number of carbonyl (C=O) groups excluding carboxylic acids is 1. The van der Waals surface area contributed by atoms with E-state index in [-0.39, 0.29) is 30.0 Å². The monoisotopic (exact) mass is 349 g/mol. The molecule has 4 rings (SSSR count). The Kier molecular flexibility index (Phi) is 3.52. The molecule has 1 aromatic carbocycles. The minimum Gasteiger partial charge on any atom is -0.379 e. The molecule has 1 fully saturated rings. The number of benzene rings is 1. The molecule has 9 heteroatoms. The predicted molar refractivity (Wildman–Crippen MR) is 83.6 cm³/mol. The first-order valence-electron chi connectivity index (χ1n) is 7.74. The number of alkyl halides is 3. The zero-order valence-electron chi connectivity index (χ0n) is 12.9. The van der Waals surface area contributed by atoms with Crippen molar-refractivity contribution in [1.29, 1.82) is 0 Å². The molecule has 2 atom stereocenters. The Morgan fingerprint density at radius 2 is 2.08 bits per heavy atom. The molecule has 2 aliphatic rings. The predicted octanol–water partition coefficient (Wildman–Crippen LogP) is 2.51. The Morgan fingerprint density at radius 3 is 2.80 bits per heavy atom. The quantitative estimate of drug-likeness (QED) is 0.793. The van der Waals surface area contributed by atoms with Crippen LogP contribution in [0.3, 0.4) is 0 Å². The molecule has 1 aromatic heterocycles. The molecule has 2 heterocycles. The first-order valence-corrected chi connectivity index (χ1v) is 7.74. The molecular weight excluding hydrogens is 335 g/mol. The van der Waals surface area contributed by atoms with Gasteiger partial charge in [-0.05, 0) is 30.2 Å². The van der Waals surface area contributed by atoms with Gasteiger partial charge in [0, 0.05) is 23.7 Å². The minimum absolute atomic E-state index is 0.0151. The summed E-state index contributed by atoms with van der Waals surface area (Å²) in [5.41, 5.74) is 3.17. The van der Waals surface area contributed by atoms with Gasteiger partial charge in [-0.15, -0.1) is 0 Å². The van der Waals surface area contributed by atoms with E-state index in [1.54, 1.807) is 12.1 Å². The maximum absolute atomic E-state index is 13.5. The van der Waals surface area contributed by atoms with Crippen molar-refractivity contribution in [2.24, 2.45) is 16.9 Å². The summed E-state index contributed by atoms with van der Waals surface area (Å²) in [4.78, 5) is 11.5. The average Bonchev–Trinajstić information content (AvgIpc) is 3.21. The molecule has 25 heavy (non-hydrogen) atoms. The van der Waals surface area contributed by atoms with E-state index >= 15 is 0 Å². The molecule has 2 aromatic rings. The summed E-state index contributed by atoms with van der Waals surface area (Å²) >= 11 is 0. The van der Waals surface area contributed by atoms with Crippen molar-refractivity contribution in [3.8, 4) is 0 Å². The number of aromatic amines is 1. The van der Waals surface area contributed by atoms with Crippen molar-refractivity contribution < 1.29 is 18.0 Å². The van der Waals surface area contributed by atoms with Crippen molar-refractivity contribution in [2.75, 3.05) is 5.32 Å². The molecule has 0 spiro atoms. The smallest absolute Gasteiger partial charge is 0.379 e. The van der Waals surface area contributed by atoms with Crippen molar-refractivity contribution in [3.05, 3.63) is 47.3 Å². The second kappa shape index (κ2) is 5.61. The van der Waals surface area contributed by atoms with Gasteiger partial charge in [-0.2, -0.15) is 23.4 Å². The molecule has 3 N–H and O–H groups in total. The molecule has 130 valence electrons. The summed E-state index contributed by atoms with van der Waals surface area (Å²) in [6.45, 7) is 0.199. The van der Waals surface area contributed by atoms with Crippen LogP contribution < -0.4 is 10.7 Å². The number of anilines is 1. The van der Waals surface area contributed by atoms with Crippen LogP contribution in [0, 0.1) is 11.8 Å². The Balaban J connectivity index is 1.63. The summed E-state index contributed by atoms with van der Waals surface area (Å²) in [5, 5.41) is 13.2. The molecular formula is C16H14F3N5O. The van der Waals surface area contributed by atoms with Crippen LogP contribution in [0.4, 0.5) is 18.9 Å². The van der Waals surface area contributed by atoms with E-state index in [1.807, 2.05) is 0 Å². The average molecular weight is 349 g/mol. The third-order valence-corrected chi connectivity index (χ3v) is 4.41. The van der Waals surface area contributed by atoms with Gasteiger partial charge in [0.15, 0.2) is 0 Å². The van der Waals surface area contributed by atoms with Crippen molar-refractivity contribution in [2.45, 2.75) is 19.1 Å². The highest BCUT2D eigenvalue weighted by Gasteiger charge is 2.49. The van der Waals surface area contributed by atoms with Crippen LogP contribution in [0.1, 0.15) is 23.2 Å². The minimum atomic E-state index is -4.51. The SMILES string of the molecule is O=C1NN=C(c2ccc(NCc3ccn[nH]3)c(C(F)(F)F)c2)[C@H]2C[C@@H]12. The van der Waals surface area contributed by atoms with E-state index in [2.05, 4.69) is 26.0 Å². The van der Waals surface area contributed by atoms with E-state index in [4.69, 9.17) is 0 Å². The third kappa shape index (κ3) is 2.97. The Morgan fingerprint density at radius 1 is 1.24 bits per heavy atom. The summed E-state index contributed by atoms with van der Waals surface area (Å²) in [6.07, 6.45) is -2.34. The number of hydrogen-bond donors (Lipinski definition) is 3. The topological polar surface area (TPSA) is 82.2 Å². The first kappa shape index (κ1) is 15.7. The zero-order valence-corrected chi connectivity index (χ0v) is 12.9. The van der Waals surface area contributed by atoms with Gasteiger partial charge >= 0.3 is 6.18 Å². The Bertz CT molecular complexity index is 844. The van der Waals surface area contributed by atoms with Gasteiger partial charge in [-0.3, -0.25) is 9.89 Å². The Labute approximate surface area is 140 Å². The zero-order chi connectivity index (χ0) is 17.6. The van der Waals surface area contributed by atoms with Gasteiger partial charge in [-0.25, -0.2) is 5.43 Å². The second-order valence-corrected chi connectivity index (χ2v) is 6.12. The van der Waals surface area contributed by atoms with Crippen molar-refractivity contribution in [1.82, 2.24) is 15.6 Å². The highest BCUT2D eigenvalue weighted by atomic mass is 19.4. The van der Waals surface area contributed by atoms with E-state index in [9.17, 15) is 18.0 Å². The van der Waals surface area contributed by atoms with E-state index in [0.29, 0.717) is 23.4 Å². The number of fused-ring (bicyclic) bond motifs is 1. The first-order chi connectivity index (χ1) is 11.9. The lowest BCUT2D eigenvalue weighted by molar-refractivity contribution is -0.137. The standard InChI is InChI=1S/C16H14F3N5O/c17-16(18,19)12-5-8(14-10-6-11(10)15(25)24-23-14)1-2-13(12)20-7-9-3-4-21-22-9/h1-5,10-11,20H,6-7H2,(H,21,22)(H,24,25)/t10-,11+/m0/s1. The number of hydrazone groups is 1. The summed E-state index contributed by atoms with van der Waals surface area (Å²) in [6, 6.07) is 5.75. The van der Waals surface area contributed by atoms with Crippen LogP contribution in [0.25, 0.3) is 0 Å². The van der Waals surface area contributed by atoms with Gasteiger partial charge in [-0.1, -0.05) is 6.07 Å². The maximum Gasteiger partial charge on any atom is 0.418 e. The lowest BCUT2D eigenvalue weighted by atomic mass is 10.00. The second-order valence-electron chi connectivity index (χ2n) is 6.12. The van der Waals surface area contributed by atoms with E-state index in [0.717, 1.165) is 6.07 Å². The highest BCUT2D eigenvalue weighted by Crippen LogP contribution is 2.44. The summed E-state index contributed by atoms with van der Waals surface area (Å²) < 4.78 is 40.4. The van der Waals surface area contributed by atoms with E-state index in [1.165, 1.54) is 12.3 Å². The molecule has 0 saturated heterocycles.